The van der Waals surface area contributed by atoms with Crippen molar-refractivity contribution in [2.24, 2.45) is 12.8 Å². The Morgan fingerprint density at radius 1 is 1.42 bits per heavy atom. The zero-order valence-electron chi connectivity index (χ0n) is 12.3. The van der Waals surface area contributed by atoms with Gasteiger partial charge in [-0.05, 0) is 24.3 Å². The molecule has 0 amide bonds. The largest absolute Gasteiger partial charge is 0.481 e. The van der Waals surface area contributed by atoms with E-state index >= 15 is 0 Å². The molecule has 1 aromatic heterocycles. The first-order valence-corrected chi connectivity index (χ1v) is 7.84. The summed E-state index contributed by atoms with van der Waals surface area (Å²) >= 11 is 6.80. The number of rotatable bonds is 5. The maximum absolute atomic E-state index is 13.2. The van der Waals surface area contributed by atoms with E-state index in [2.05, 4.69) is 5.10 Å². The molecule has 1 atom stereocenters. The number of aryl methyl sites for hydroxylation is 1. The number of carbonyl (C=O) groups is 1. The molecule has 0 spiro atoms. The van der Waals surface area contributed by atoms with Gasteiger partial charge in [-0.3, -0.25) is 9.48 Å². The van der Waals surface area contributed by atoms with Crippen molar-refractivity contribution in [2.75, 3.05) is 0 Å². The van der Waals surface area contributed by atoms with Gasteiger partial charge >= 0.3 is 12.1 Å². The lowest BCUT2D eigenvalue weighted by atomic mass is 10.1. The molecule has 24 heavy (non-hydrogen) atoms. The molecular weight excluding hydrogens is 367 g/mol. The standard InChI is InChI=1S/C14H13ClF3N3O2S/c1-21-13(24-8-4-2-7(15)3-5-8)11(9(19)6-10(22)23)12(20-21)14(16,17)18/h2-5,9H,6,19H2,1H3,(H,22,23). The van der Waals surface area contributed by atoms with Crippen LogP contribution in [0.4, 0.5) is 13.2 Å². The van der Waals surface area contributed by atoms with E-state index in [1.165, 1.54) is 7.05 Å². The van der Waals surface area contributed by atoms with E-state index in [4.69, 9.17) is 22.4 Å². The van der Waals surface area contributed by atoms with Crippen LogP contribution in [0.5, 0.6) is 0 Å². The first kappa shape index (κ1) is 18.6. The molecule has 2 aromatic rings. The van der Waals surface area contributed by atoms with E-state index < -0.39 is 30.3 Å². The maximum Gasteiger partial charge on any atom is 0.435 e. The number of nitrogens with two attached hydrogens (primary N) is 1. The van der Waals surface area contributed by atoms with E-state index in [9.17, 15) is 18.0 Å². The maximum atomic E-state index is 13.2. The van der Waals surface area contributed by atoms with Crippen molar-refractivity contribution in [3.63, 3.8) is 0 Å². The van der Waals surface area contributed by atoms with Gasteiger partial charge in [0, 0.05) is 28.6 Å². The van der Waals surface area contributed by atoms with Crippen molar-refractivity contribution in [3.8, 4) is 0 Å². The van der Waals surface area contributed by atoms with Gasteiger partial charge in [0.25, 0.3) is 0 Å². The van der Waals surface area contributed by atoms with Gasteiger partial charge in [-0.25, -0.2) is 0 Å². The van der Waals surface area contributed by atoms with Gasteiger partial charge < -0.3 is 10.8 Å². The van der Waals surface area contributed by atoms with Crippen LogP contribution < -0.4 is 5.73 Å². The van der Waals surface area contributed by atoms with Crippen molar-refractivity contribution in [1.82, 2.24) is 9.78 Å². The van der Waals surface area contributed by atoms with Crippen LogP contribution in [0, 0.1) is 0 Å². The molecule has 2 rings (SSSR count). The monoisotopic (exact) mass is 379 g/mol. The fourth-order valence-electron chi connectivity index (χ4n) is 2.09. The summed E-state index contributed by atoms with van der Waals surface area (Å²) < 4.78 is 40.7. The van der Waals surface area contributed by atoms with E-state index in [1.807, 2.05) is 0 Å². The minimum Gasteiger partial charge on any atom is -0.481 e. The average molecular weight is 380 g/mol. The van der Waals surface area contributed by atoms with E-state index in [1.54, 1.807) is 24.3 Å². The van der Waals surface area contributed by atoms with Crippen LogP contribution in [0.25, 0.3) is 0 Å². The first-order valence-electron chi connectivity index (χ1n) is 6.64. The minimum absolute atomic E-state index is 0.137. The van der Waals surface area contributed by atoms with E-state index in [0.29, 0.717) is 9.92 Å². The third kappa shape index (κ3) is 4.22. The molecule has 0 saturated carbocycles. The Hall–Kier alpha value is -1.71. The summed E-state index contributed by atoms with van der Waals surface area (Å²) in [6, 6.07) is 5.14. The second-order valence-corrected chi connectivity index (χ2v) is 6.45. The molecule has 0 aliphatic heterocycles. The second kappa shape index (κ2) is 7.04. The number of benzene rings is 1. The molecule has 0 fully saturated rings. The number of hydrogen-bond acceptors (Lipinski definition) is 4. The van der Waals surface area contributed by atoms with Crippen LogP contribution in [-0.2, 0) is 18.0 Å². The molecule has 0 aliphatic rings. The molecule has 5 nitrogen and oxygen atoms in total. The van der Waals surface area contributed by atoms with Gasteiger partial charge in [0.2, 0.25) is 0 Å². The van der Waals surface area contributed by atoms with E-state index in [0.717, 1.165) is 16.4 Å². The fourth-order valence-corrected chi connectivity index (χ4v) is 3.25. The number of alkyl halides is 3. The quantitative estimate of drug-likeness (QED) is 0.827. The van der Waals surface area contributed by atoms with Gasteiger partial charge in [0.1, 0.15) is 5.03 Å². The Bertz CT molecular complexity index is 747. The van der Waals surface area contributed by atoms with Crippen LogP contribution >= 0.6 is 23.4 Å². The van der Waals surface area contributed by atoms with Gasteiger partial charge in [-0.1, -0.05) is 23.4 Å². The molecule has 0 saturated heterocycles. The normalized spacial score (nSPS) is 13.1. The zero-order valence-corrected chi connectivity index (χ0v) is 13.9. The summed E-state index contributed by atoms with van der Waals surface area (Å²) in [5.74, 6) is -1.29. The number of halogens is 4. The predicted molar refractivity (Wildman–Crippen MR) is 83.0 cm³/mol. The van der Waals surface area contributed by atoms with Gasteiger partial charge in [-0.2, -0.15) is 18.3 Å². The fraction of sp³-hybridized carbons (Fsp3) is 0.286. The smallest absolute Gasteiger partial charge is 0.435 e. The highest BCUT2D eigenvalue weighted by Crippen LogP contribution is 2.41. The van der Waals surface area contributed by atoms with Gasteiger partial charge in [0.15, 0.2) is 5.69 Å². The average Bonchev–Trinajstić information content (AvgIpc) is 2.78. The summed E-state index contributed by atoms with van der Waals surface area (Å²) in [5.41, 5.74) is 4.22. The number of nitrogens with zero attached hydrogens (tertiary/aromatic N) is 2. The van der Waals surface area contributed by atoms with E-state index in [-0.39, 0.29) is 10.6 Å². The molecule has 10 heteroatoms. The molecule has 0 aliphatic carbocycles. The highest BCUT2D eigenvalue weighted by molar-refractivity contribution is 7.99. The third-order valence-electron chi connectivity index (χ3n) is 3.09. The summed E-state index contributed by atoms with van der Waals surface area (Å²) in [5, 5.41) is 13.0. The topological polar surface area (TPSA) is 81.1 Å². The number of aromatic nitrogens is 2. The number of hydrogen-bond donors (Lipinski definition) is 2. The first-order chi connectivity index (χ1) is 11.1. The zero-order chi connectivity index (χ0) is 18.1. The molecule has 130 valence electrons. The molecular formula is C14H13ClF3N3O2S. The lowest BCUT2D eigenvalue weighted by molar-refractivity contribution is -0.143. The Morgan fingerprint density at radius 2 is 2.00 bits per heavy atom. The number of carboxylic acids is 1. The van der Waals surface area contributed by atoms with Crippen molar-refractivity contribution in [2.45, 2.75) is 28.6 Å². The van der Waals surface area contributed by atoms with Crippen LogP contribution in [0.3, 0.4) is 0 Å². The molecule has 3 N–H and O–H groups in total. The highest BCUT2D eigenvalue weighted by atomic mass is 35.5. The Kier molecular flexibility index (Phi) is 5.46. The van der Waals surface area contributed by atoms with Crippen LogP contribution in [-0.4, -0.2) is 20.9 Å². The summed E-state index contributed by atoms with van der Waals surface area (Å²) in [6.07, 6.45) is -5.37. The van der Waals surface area contributed by atoms with Crippen molar-refractivity contribution in [3.05, 3.63) is 40.5 Å². The summed E-state index contributed by atoms with van der Waals surface area (Å²) in [6.45, 7) is 0. The van der Waals surface area contributed by atoms with Crippen molar-refractivity contribution in [1.29, 1.82) is 0 Å². The lowest BCUT2D eigenvalue weighted by Gasteiger charge is -2.14. The van der Waals surface area contributed by atoms with Crippen molar-refractivity contribution < 1.29 is 23.1 Å². The summed E-state index contributed by atoms with van der Waals surface area (Å²) in [7, 11) is 1.35. The minimum atomic E-state index is -4.73. The SMILES string of the molecule is Cn1nc(C(F)(F)F)c(C(N)CC(=O)O)c1Sc1ccc(Cl)cc1. The molecule has 1 aromatic carbocycles. The van der Waals surface area contributed by atoms with Gasteiger partial charge in [-0.15, -0.1) is 0 Å². The number of carboxylic acid groups (broad SMARTS) is 1. The van der Waals surface area contributed by atoms with Crippen LogP contribution in [0.1, 0.15) is 23.7 Å². The molecule has 1 heterocycles. The van der Waals surface area contributed by atoms with Crippen LogP contribution in [0.2, 0.25) is 5.02 Å². The second-order valence-electron chi connectivity index (χ2n) is 4.95. The highest BCUT2D eigenvalue weighted by Gasteiger charge is 2.41. The Labute approximate surface area is 144 Å². The lowest BCUT2D eigenvalue weighted by Crippen LogP contribution is -2.20. The van der Waals surface area contributed by atoms with Crippen LogP contribution in [0.15, 0.2) is 34.2 Å². The number of aliphatic carboxylic acids is 1. The molecule has 1 unspecified atom stereocenters. The molecule has 0 radical (unpaired) electrons. The Balaban J connectivity index is 2.51. The van der Waals surface area contributed by atoms with Crippen molar-refractivity contribution >= 4 is 29.3 Å². The third-order valence-corrected chi connectivity index (χ3v) is 4.53. The predicted octanol–water partition coefficient (Wildman–Crippen LogP) is 3.72. The van der Waals surface area contributed by atoms with Gasteiger partial charge in [0.05, 0.1) is 6.42 Å². The molecule has 0 bridgehead atoms. The Morgan fingerprint density at radius 3 is 2.50 bits per heavy atom. The summed E-state index contributed by atoms with van der Waals surface area (Å²) in [4.78, 5) is 11.5.